The zero-order valence-electron chi connectivity index (χ0n) is 23.5. The third kappa shape index (κ3) is 5.10. The number of anilines is 2. The predicted molar refractivity (Wildman–Crippen MR) is 150 cm³/mol. The van der Waals surface area contributed by atoms with Crippen LogP contribution in [0.2, 0.25) is 0 Å². The second kappa shape index (κ2) is 10.0. The molecule has 2 heterocycles. The van der Waals surface area contributed by atoms with E-state index in [0.29, 0.717) is 42.4 Å². The molecule has 0 bridgehead atoms. The molecule has 2 aromatic heterocycles. The van der Waals surface area contributed by atoms with E-state index in [2.05, 4.69) is 36.0 Å². The van der Waals surface area contributed by atoms with Crippen LogP contribution in [0.25, 0.3) is 11.0 Å². The SMILES string of the molecule is CC#CC(=O)N(c1ccc2c(n1)c(O[C@@H]1CC[C@@H](C(=O)O)C(C)(C)C1)nn2C)c1cc(C)c(C)cc1C1CC1. The molecular weight excluding hydrogens is 492 g/mol. The molecule has 204 valence electrons. The van der Waals surface area contributed by atoms with Gasteiger partial charge in [0, 0.05) is 7.05 Å². The van der Waals surface area contributed by atoms with Crippen LogP contribution >= 0.6 is 0 Å². The number of hydrogen-bond acceptors (Lipinski definition) is 5. The van der Waals surface area contributed by atoms with E-state index in [-0.39, 0.29) is 12.0 Å². The van der Waals surface area contributed by atoms with Crippen LogP contribution < -0.4 is 9.64 Å². The summed E-state index contributed by atoms with van der Waals surface area (Å²) in [7, 11) is 1.84. The fourth-order valence-electron chi connectivity index (χ4n) is 5.83. The number of carboxylic acid groups (broad SMARTS) is 1. The number of fused-ring (bicyclic) bond motifs is 1. The fraction of sp³-hybridized carbons (Fsp3) is 0.484. The Balaban J connectivity index is 1.55. The van der Waals surface area contributed by atoms with Crippen molar-refractivity contribution in [2.75, 3.05) is 4.90 Å². The summed E-state index contributed by atoms with van der Waals surface area (Å²) in [6.07, 6.45) is 3.80. The van der Waals surface area contributed by atoms with E-state index in [1.807, 2.05) is 40.0 Å². The molecule has 5 rings (SSSR count). The van der Waals surface area contributed by atoms with Crippen LogP contribution in [0, 0.1) is 37.0 Å². The number of ether oxygens (including phenoxy) is 1. The first kappa shape index (κ1) is 26.7. The van der Waals surface area contributed by atoms with Crippen molar-refractivity contribution >= 4 is 34.4 Å². The molecule has 2 fully saturated rings. The highest BCUT2D eigenvalue weighted by Crippen LogP contribution is 2.47. The fourth-order valence-corrected chi connectivity index (χ4v) is 5.83. The summed E-state index contributed by atoms with van der Waals surface area (Å²) in [5.74, 6) is 5.25. The van der Waals surface area contributed by atoms with Gasteiger partial charge in [0.05, 0.1) is 17.1 Å². The lowest BCUT2D eigenvalue weighted by atomic mass is 9.68. The predicted octanol–water partition coefficient (Wildman–Crippen LogP) is 5.81. The first-order valence-electron chi connectivity index (χ1n) is 13.6. The first-order valence-corrected chi connectivity index (χ1v) is 13.6. The van der Waals surface area contributed by atoms with Crippen molar-refractivity contribution in [3.05, 3.63) is 41.0 Å². The van der Waals surface area contributed by atoms with Gasteiger partial charge in [-0.15, -0.1) is 5.10 Å². The largest absolute Gasteiger partial charge is 0.481 e. The molecule has 2 atom stereocenters. The third-order valence-electron chi connectivity index (χ3n) is 8.27. The number of rotatable bonds is 6. The summed E-state index contributed by atoms with van der Waals surface area (Å²) in [6.45, 7) is 9.76. The number of nitrogens with zero attached hydrogens (tertiary/aromatic N) is 4. The number of amides is 1. The van der Waals surface area contributed by atoms with Gasteiger partial charge in [-0.1, -0.05) is 25.8 Å². The smallest absolute Gasteiger partial charge is 0.308 e. The van der Waals surface area contributed by atoms with E-state index in [0.717, 1.165) is 35.2 Å². The molecule has 3 aromatic rings. The lowest BCUT2D eigenvalue weighted by Crippen LogP contribution is -2.41. The maximum atomic E-state index is 13.4. The van der Waals surface area contributed by atoms with Crippen LogP contribution in [0.3, 0.4) is 0 Å². The molecule has 8 heteroatoms. The molecule has 0 spiro atoms. The van der Waals surface area contributed by atoms with Gasteiger partial charge in [-0.05, 0) is 105 Å². The van der Waals surface area contributed by atoms with Crippen molar-refractivity contribution in [2.45, 2.75) is 78.7 Å². The van der Waals surface area contributed by atoms with Crippen LogP contribution in [-0.4, -0.2) is 37.9 Å². The van der Waals surface area contributed by atoms with Crippen molar-refractivity contribution in [1.82, 2.24) is 14.8 Å². The van der Waals surface area contributed by atoms with Crippen molar-refractivity contribution in [1.29, 1.82) is 0 Å². The first-order chi connectivity index (χ1) is 18.5. The highest BCUT2D eigenvalue weighted by molar-refractivity contribution is 6.11. The molecule has 2 aliphatic rings. The molecule has 1 amide bonds. The van der Waals surface area contributed by atoms with Gasteiger partial charge in [-0.2, -0.15) is 0 Å². The maximum absolute atomic E-state index is 13.4. The molecule has 2 aliphatic carbocycles. The Morgan fingerprint density at radius 2 is 1.85 bits per heavy atom. The van der Waals surface area contributed by atoms with Gasteiger partial charge < -0.3 is 9.84 Å². The summed E-state index contributed by atoms with van der Waals surface area (Å²) in [6, 6.07) is 7.98. The second-order valence-corrected chi connectivity index (χ2v) is 11.7. The maximum Gasteiger partial charge on any atom is 0.308 e. The van der Waals surface area contributed by atoms with E-state index < -0.39 is 17.3 Å². The molecule has 0 saturated heterocycles. The molecule has 0 aliphatic heterocycles. The second-order valence-electron chi connectivity index (χ2n) is 11.7. The molecule has 8 nitrogen and oxygen atoms in total. The van der Waals surface area contributed by atoms with Crippen molar-refractivity contribution < 1.29 is 19.4 Å². The third-order valence-corrected chi connectivity index (χ3v) is 8.27. The number of carboxylic acids is 1. The van der Waals surface area contributed by atoms with Crippen LogP contribution in [0.15, 0.2) is 24.3 Å². The minimum absolute atomic E-state index is 0.177. The molecule has 1 N–H and O–H groups in total. The Morgan fingerprint density at radius 1 is 1.13 bits per heavy atom. The van der Waals surface area contributed by atoms with Gasteiger partial charge in [0.1, 0.15) is 11.9 Å². The van der Waals surface area contributed by atoms with E-state index in [1.165, 1.54) is 5.56 Å². The number of hydrogen-bond donors (Lipinski definition) is 1. The molecular formula is C31H36N4O4. The van der Waals surface area contributed by atoms with Gasteiger partial charge in [0.15, 0.2) is 5.52 Å². The van der Waals surface area contributed by atoms with Crippen LogP contribution in [-0.2, 0) is 16.6 Å². The standard InChI is InChI=1S/C31H36N4O4/c1-7-8-27(36)35(25-16-19(3)18(2)15-22(25)20-9-10-20)26-14-13-24-28(32-26)29(33-34(24)6)39-21-11-12-23(30(37)38)31(4,5)17-21/h13-16,20-21,23H,9-12,17H2,1-6H3,(H,37,38)/t21-,23+/m1/s1. The number of benzene rings is 1. The quantitative estimate of drug-likeness (QED) is 0.406. The molecule has 1 aromatic carbocycles. The molecule has 39 heavy (non-hydrogen) atoms. The Hall–Kier alpha value is -3.86. The zero-order chi connectivity index (χ0) is 28.1. The lowest BCUT2D eigenvalue weighted by molar-refractivity contribution is -0.149. The van der Waals surface area contributed by atoms with Gasteiger partial charge in [-0.3, -0.25) is 19.2 Å². The number of aliphatic carboxylic acids is 1. The zero-order valence-corrected chi connectivity index (χ0v) is 23.5. The molecule has 2 saturated carbocycles. The van der Waals surface area contributed by atoms with Crippen molar-refractivity contribution in [2.24, 2.45) is 18.4 Å². The van der Waals surface area contributed by atoms with E-state index in [9.17, 15) is 14.7 Å². The Labute approximate surface area is 229 Å². The highest BCUT2D eigenvalue weighted by atomic mass is 16.5. The van der Waals surface area contributed by atoms with E-state index in [4.69, 9.17) is 9.72 Å². The number of carbonyl (C=O) groups is 2. The van der Waals surface area contributed by atoms with E-state index in [1.54, 1.807) is 16.5 Å². The number of carbonyl (C=O) groups excluding carboxylic acids is 1. The van der Waals surface area contributed by atoms with Gasteiger partial charge in [-0.25, -0.2) is 4.98 Å². The number of pyridine rings is 1. The van der Waals surface area contributed by atoms with Gasteiger partial charge in [0.2, 0.25) is 0 Å². The minimum Gasteiger partial charge on any atom is -0.481 e. The van der Waals surface area contributed by atoms with E-state index >= 15 is 0 Å². The van der Waals surface area contributed by atoms with Crippen LogP contribution in [0.4, 0.5) is 11.5 Å². The average molecular weight is 529 g/mol. The van der Waals surface area contributed by atoms with Gasteiger partial charge in [0.25, 0.3) is 5.88 Å². The number of aryl methyl sites for hydroxylation is 3. The Kier molecular flexibility index (Phi) is 6.88. The monoisotopic (exact) mass is 528 g/mol. The summed E-state index contributed by atoms with van der Waals surface area (Å²) in [5.41, 5.74) is 5.20. The summed E-state index contributed by atoms with van der Waals surface area (Å²) in [5, 5.41) is 14.2. The van der Waals surface area contributed by atoms with Crippen molar-refractivity contribution in [3.8, 4) is 17.7 Å². The summed E-state index contributed by atoms with van der Waals surface area (Å²) in [4.78, 5) is 31.7. The number of aromatic nitrogens is 3. The minimum atomic E-state index is -0.759. The van der Waals surface area contributed by atoms with Crippen LogP contribution in [0.5, 0.6) is 5.88 Å². The van der Waals surface area contributed by atoms with Gasteiger partial charge >= 0.3 is 11.9 Å². The van der Waals surface area contributed by atoms with Crippen LogP contribution in [0.1, 0.15) is 75.5 Å². The molecule has 0 radical (unpaired) electrons. The average Bonchev–Trinajstić information content (AvgIpc) is 3.66. The Bertz CT molecular complexity index is 1520. The summed E-state index contributed by atoms with van der Waals surface area (Å²) < 4.78 is 8.11. The lowest BCUT2D eigenvalue weighted by Gasteiger charge is -2.39. The topological polar surface area (TPSA) is 97.6 Å². The molecule has 0 unspecified atom stereocenters. The summed E-state index contributed by atoms with van der Waals surface area (Å²) >= 11 is 0. The Morgan fingerprint density at radius 3 is 2.49 bits per heavy atom. The normalized spacial score (nSPS) is 20.3. The van der Waals surface area contributed by atoms with Crippen molar-refractivity contribution in [3.63, 3.8) is 0 Å². The highest BCUT2D eigenvalue weighted by Gasteiger charge is 2.42.